The molecule has 1 aromatic carbocycles. The number of para-hydroxylation sites is 1. The van der Waals surface area contributed by atoms with Gasteiger partial charge in [-0.15, -0.1) is 22.7 Å². The van der Waals surface area contributed by atoms with Crippen LogP contribution in [0.3, 0.4) is 0 Å². The van der Waals surface area contributed by atoms with Gasteiger partial charge in [0.1, 0.15) is 9.22 Å². The summed E-state index contributed by atoms with van der Waals surface area (Å²) in [7, 11) is -3.73. The molecule has 198 valence electrons. The van der Waals surface area contributed by atoms with Crippen molar-refractivity contribution >= 4 is 49.3 Å². The van der Waals surface area contributed by atoms with Crippen molar-refractivity contribution in [1.29, 1.82) is 0 Å². The summed E-state index contributed by atoms with van der Waals surface area (Å²) in [5, 5.41) is 3.65. The Hall–Kier alpha value is -2.24. The van der Waals surface area contributed by atoms with Gasteiger partial charge < -0.3 is 9.72 Å². The number of H-pyrrole nitrogens is 1. The van der Waals surface area contributed by atoms with Gasteiger partial charge in [-0.05, 0) is 49.3 Å². The Morgan fingerprint density at radius 3 is 2.76 bits per heavy atom. The molecule has 0 amide bonds. The minimum atomic E-state index is -3.73. The number of aromatic nitrogens is 2. The summed E-state index contributed by atoms with van der Waals surface area (Å²) in [6, 6.07) is 11.9. The molecular weight excluding hydrogens is 525 g/mol. The van der Waals surface area contributed by atoms with Crippen molar-refractivity contribution in [1.82, 2.24) is 14.9 Å². The molecule has 1 aliphatic rings. The van der Waals surface area contributed by atoms with E-state index in [4.69, 9.17) is 9.72 Å². The number of anilines is 1. The van der Waals surface area contributed by atoms with Crippen molar-refractivity contribution in [3.63, 3.8) is 0 Å². The van der Waals surface area contributed by atoms with E-state index >= 15 is 0 Å². The lowest BCUT2D eigenvalue weighted by atomic mass is 10.2. The lowest BCUT2D eigenvalue weighted by molar-refractivity contribution is 0.156. The number of hydrogen-bond acceptors (Lipinski definition) is 7. The van der Waals surface area contributed by atoms with Crippen LogP contribution in [0.2, 0.25) is 0 Å². The number of thiophene rings is 1. The second-order valence-corrected chi connectivity index (χ2v) is 14.0. The predicted molar refractivity (Wildman–Crippen MR) is 153 cm³/mol. The Morgan fingerprint density at radius 2 is 2.05 bits per heavy atom. The van der Waals surface area contributed by atoms with Crippen LogP contribution in [0.15, 0.2) is 52.2 Å². The highest BCUT2D eigenvalue weighted by molar-refractivity contribution is 7.94. The Labute approximate surface area is 227 Å². The first-order valence-corrected chi connectivity index (χ1v) is 15.9. The van der Waals surface area contributed by atoms with Gasteiger partial charge in [-0.3, -0.25) is 9.21 Å². The molecule has 0 bridgehead atoms. The number of thiazole rings is 1. The van der Waals surface area contributed by atoms with Crippen molar-refractivity contribution in [3.05, 3.63) is 52.9 Å². The van der Waals surface area contributed by atoms with Crippen LogP contribution in [-0.2, 0) is 21.3 Å². The number of benzene rings is 1. The van der Waals surface area contributed by atoms with Crippen molar-refractivity contribution in [3.8, 4) is 10.7 Å². The molecule has 1 N–H and O–H groups in total. The van der Waals surface area contributed by atoms with Gasteiger partial charge in [-0.2, -0.15) is 0 Å². The third kappa shape index (κ3) is 5.93. The van der Waals surface area contributed by atoms with E-state index in [1.807, 2.05) is 31.3 Å². The zero-order valence-corrected chi connectivity index (χ0v) is 24.0. The molecule has 37 heavy (non-hydrogen) atoms. The Kier molecular flexibility index (Phi) is 8.02. The van der Waals surface area contributed by atoms with Gasteiger partial charge in [0.05, 0.1) is 30.0 Å². The number of nitrogens with zero attached hydrogens (tertiary/aromatic N) is 3. The molecule has 0 spiro atoms. The summed E-state index contributed by atoms with van der Waals surface area (Å²) < 4.78 is 34.5. The van der Waals surface area contributed by atoms with Crippen LogP contribution < -0.4 is 4.31 Å². The molecule has 0 aliphatic heterocycles. The SMILES string of the molecule is CCOCCN(c1cccc2cc(-c3ncc(CN(CC(C)C)C4CC4)s3)[nH]c12)S(=O)(=O)c1cccs1. The molecule has 3 aromatic heterocycles. The number of fused-ring (bicyclic) bond motifs is 1. The number of rotatable bonds is 13. The zero-order valence-electron chi connectivity index (χ0n) is 21.5. The van der Waals surface area contributed by atoms with Crippen molar-refractivity contribution in [2.45, 2.75) is 50.4 Å². The highest BCUT2D eigenvalue weighted by Crippen LogP contribution is 2.36. The fourth-order valence-electron chi connectivity index (χ4n) is 4.60. The first-order valence-electron chi connectivity index (χ1n) is 12.8. The number of aromatic amines is 1. The van der Waals surface area contributed by atoms with Crippen LogP contribution >= 0.6 is 22.7 Å². The van der Waals surface area contributed by atoms with Gasteiger partial charge in [-0.1, -0.05) is 32.0 Å². The molecule has 4 aromatic rings. The quantitative estimate of drug-likeness (QED) is 0.198. The average molecular weight is 559 g/mol. The predicted octanol–water partition coefficient (Wildman–Crippen LogP) is 6.21. The van der Waals surface area contributed by atoms with E-state index in [0.717, 1.165) is 34.7 Å². The molecule has 0 radical (unpaired) electrons. The van der Waals surface area contributed by atoms with Gasteiger partial charge in [0, 0.05) is 42.2 Å². The molecule has 0 atom stereocenters. The maximum atomic E-state index is 13.6. The maximum Gasteiger partial charge on any atom is 0.273 e. The minimum absolute atomic E-state index is 0.232. The summed E-state index contributed by atoms with van der Waals surface area (Å²) in [5.74, 6) is 0.635. The molecular formula is C27H34N4O3S3. The third-order valence-electron chi connectivity index (χ3n) is 6.39. The van der Waals surface area contributed by atoms with Gasteiger partial charge in [0.15, 0.2) is 0 Å². The van der Waals surface area contributed by atoms with E-state index in [-0.39, 0.29) is 6.54 Å². The minimum Gasteiger partial charge on any atom is -0.380 e. The van der Waals surface area contributed by atoms with Crippen LogP contribution in [0.5, 0.6) is 0 Å². The maximum absolute atomic E-state index is 13.6. The summed E-state index contributed by atoms with van der Waals surface area (Å²) >= 11 is 2.93. The Balaban J connectivity index is 1.46. The van der Waals surface area contributed by atoms with Crippen LogP contribution in [-0.4, -0.2) is 55.6 Å². The standard InChI is InChI=1S/C27H34N4O3S3/c1-4-34-13-12-31(37(32,33)25-9-6-14-35-25)24-8-5-7-20-15-23(29-26(20)24)27-28-16-22(36-27)18-30(17-19(2)3)21-10-11-21/h5-9,14-16,19,21,29H,4,10-13,17-18H2,1-3H3. The van der Waals surface area contributed by atoms with E-state index in [0.29, 0.717) is 35.1 Å². The lowest BCUT2D eigenvalue weighted by Crippen LogP contribution is -2.34. The van der Waals surface area contributed by atoms with E-state index in [1.165, 1.54) is 33.4 Å². The van der Waals surface area contributed by atoms with Gasteiger partial charge in [0.25, 0.3) is 10.0 Å². The van der Waals surface area contributed by atoms with Crippen LogP contribution in [0, 0.1) is 5.92 Å². The number of nitrogens with one attached hydrogen (secondary N) is 1. The molecule has 1 aliphatic carbocycles. The second kappa shape index (κ2) is 11.2. The van der Waals surface area contributed by atoms with Crippen LogP contribution in [0.4, 0.5) is 5.69 Å². The van der Waals surface area contributed by atoms with Crippen LogP contribution in [0.25, 0.3) is 21.6 Å². The number of sulfonamides is 1. The normalized spacial score (nSPS) is 14.3. The van der Waals surface area contributed by atoms with Gasteiger partial charge in [-0.25, -0.2) is 13.4 Å². The van der Waals surface area contributed by atoms with Gasteiger partial charge >= 0.3 is 0 Å². The summed E-state index contributed by atoms with van der Waals surface area (Å²) in [6.45, 7) is 9.55. The Bertz CT molecular complexity index is 1420. The first kappa shape index (κ1) is 26.4. The summed E-state index contributed by atoms with van der Waals surface area (Å²) in [6.07, 6.45) is 4.56. The van der Waals surface area contributed by atoms with E-state index < -0.39 is 10.0 Å². The topological polar surface area (TPSA) is 78.5 Å². The summed E-state index contributed by atoms with van der Waals surface area (Å²) in [4.78, 5) is 12.1. The average Bonchev–Trinajstić information content (AvgIpc) is 3.25. The first-order chi connectivity index (χ1) is 17.9. The third-order valence-corrected chi connectivity index (χ3v) is 10.6. The fourth-order valence-corrected chi connectivity index (χ4v) is 8.08. The molecule has 7 nitrogen and oxygen atoms in total. The molecule has 10 heteroatoms. The van der Waals surface area contributed by atoms with E-state index in [2.05, 4.69) is 29.8 Å². The second-order valence-electron chi connectivity index (χ2n) is 9.82. The van der Waals surface area contributed by atoms with E-state index in [9.17, 15) is 8.42 Å². The van der Waals surface area contributed by atoms with Crippen molar-refractivity contribution in [2.75, 3.05) is 30.6 Å². The largest absolute Gasteiger partial charge is 0.380 e. The highest BCUT2D eigenvalue weighted by Gasteiger charge is 2.30. The van der Waals surface area contributed by atoms with Crippen molar-refractivity contribution < 1.29 is 13.2 Å². The van der Waals surface area contributed by atoms with Gasteiger partial charge in [0.2, 0.25) is 0 Å². The highest BCUT2D eigenvalue weighted by atomic mass is 32.2. The molecule has 1 fully saturated rings. The van der Waals surface area contributed by atoms with E-state index in [1.54, 1.807) is 28.8 Å². The van der Waals surface area contributed by atoms with Crippen LogP contribution in [0.1, 0.15) is 38.5 Å². The molecule has 3 heterocycles. The smallest absolute Gasteiger partial charge is 0.273 e. The lowest BCUT2D eigenvalue weighted by Gasteiger charge is -2.24. The molecule has 1 saturated carbocycles. The number of hydrogen-bond donors (Lipinski definition) is 1. The Morgan fingerprint density at radius 1 is 1.22 bits per heavy atom. The zero-order chi connectivity index (χ0) is 26.0. The molecule has 0 unspecified atom stereocenters. The molecule has 0 saturated heterocycles. The van der Waals surface area contributed by atoms with Crippen molar-refractivity contribution in [2.24, 2.45) is 5.92 Å². The monoisotopic (exact) mass is 558 g/mol. The number of ether oxygens (including phenoxy) is 1. The fraction of sp³-hybridized carbons (Fsp3) is 0.444. The summed E-state index contributed by atoms with van der Waals surface area (Å²) in [5.41, 5.74) is 2.30. The molecule has 5 rings (SSSR count).